The fraction of sp³-hybridized carbons (Fsp3) is 0.333. The molecule has 0 saturated heterocycles. The Kier molecular flexibility index (Phi) is 6.66. The monoisotopic (exact) mass is 274 g/mol. The van der Waals surface area contributed by atoms with Gasteiger partial charge in [0.05, 0.1) is 0 Å². The minimum absolute atomic E-state index is 0.347. The molecule has 102 valence electrons. The topological polar surface area (TPSA) is 0 Å². The standard InChI is InChI=1S/C16H17Cl.C2H6/c1-3-13-8-4-5-9-14(13)12(2)15-10-6-7-11-16(15)17;1-2/h4-12H,3H2,1-2H3;1-2H3. The first-order chi connectivity index (χ1) is 9.24. The molecule has 1 unspecified atom stereocenters. The van der Waals surface area contributed by atoms with E-state index < -0.39 is 0 Å². The average Bonchev–Trinajstić information content (AvgIpc) is 2.49. The Labute approximate surface area is 122 Å². The van der Waals surface area contributed by atoms with E-state index in [9.17, 15) is 0 Å². The largest absolute Gasteiger partial charge is 0.0840 e. The van der Waals surface area contributed by atoms with Gasteiger partial charge in [0.2, 0.25) is 0 Å². The van der Waals surface area contributed by atoms with Gasteiger partial charge in [-0.2, -0.15) is 0 Å². The van der Waals surface area contributed by atoms with E-state index in [0.717, 1.165) is 11.4 Å². The van der Waals surface area contributed by atoms with Crippen molar-refractivity contribution in [2.75, 3.05) is 0 Å². The highest BCUT2D eigenvalue weighted by atomic mass is 35.5. The van der Waals surface area contributed by atoms with Crippen molar-refractivity contribution in [1.29, 1.82) is 0 Å². The van der Waals surface area contributed by atoms with Gasteiger partial charge in [-0.25, -0.2) is 0 Å². The molecule has 2 aromatic carbocycles. The summed E-state index contributed by atoms with van der Waals surface area (Å²) in [4.78, 5) is 0. The van der Waals surface area contributed by atoms with E-state index in [-0.39, 0.29) is 0 Å². The first-order valence-corrected chi connectivity index (χ1v) is 7.44. The summed E-state index contributed by atoms with van der Waals surface area (Å²) in [5.41, 5.74) is 3.98. The average molecular weight is 275 g/mol. The van der Waals surface area contributed by atoms with Gasteiger partial charge in [0.25, 0.3) is 0 Å². The molecule has 19 heavy (non-hydrogen) atoms. The summed E-state index contributed by atoms with van der Waals surface area (Å²) < 4.78 is 0. The van der Waals surface area contributed by atoms with Crippen molar-refractivity contribution >= 4 is 11.6 Å². The number of rotatable bonds is 3. The third kappa shape index (κ3) is 3.84. The molecule has 0 aromatic heterocycles. The maximum Gasteiger partial charge on any atom is 0.0444 e. The predicted octanol–water partition coefficient (Wildman–Crippen LogP) is 6.08. The van der Waals surface area contributed by atoms with Crippen molar-refractivity contribution in [3.05, 3.63) is 70.2 Å². The van der Waals surface area contributed by atoms with Crippen molar-refractivity contribution in [3.8, 4) is 0 Å². The Morgan fingerprint density at radius 2 is 1.42 bits per heavy atom. The molecule has 0 aliphatic carbocycles. The molecule has 0 nitrogen and oxygen atoms in total. The predicted molar refractivity (Wildman–Crippen MR) is 86.1 cm³/mol. The molecule has 0 saturated carbocycles. The van der Waals surface area contributed by atoms with Gasteiger partial charge in [-0.05, 0) is 29.2 Å². The van der Waals surface area contributed by atoms with Crippen molar-refractivity contribution in [1.82, 2.24) is 0 Å². The van der Waals surface area contributed by atoms with Gasteiger partial charge < -0.3 is 0 Å². The second-order valence-electron chi connectivity index (χ2n) is 4.30. The smallest absolute Gasteiger partial charge is 0.0444 e. The zero-order chi connectivity index (χ0) is 14.3. The van der Waals surface area contributed by atoms with Crippen LogP contribution in [0.5, 0.6) is 0 Å². The molecule has 1 atom stereocenters. The SMILES string of the molecule is CC.CCc1ccccc1C(C)c1ccccc1Cl. The lowest BCUT2D eigenvalue weighted by Gasteiger charge is -2.17. The summed E-state index contributed by atoms with van der Waals surface area (Å²) in [5.74, 6) is 0.347. The normalized spacial score (nSPS) is 11.4. The van der Waals surface area contributed by atoms with E-state index in [4.69, 9.17) is 11.6 Å². The Hall–Kier alpha value is -1.27. The maximum absolute atomic E-state index is 6.26. The van der Waals surface area contributed by atoms with Gasteiger partial charge in [0, 0.05) is 10.9 Å². The summed E-state index contributed by atoms with van der Waals surface area (Å²) in [5, 5.41) is 0.853. The molecule has 2 rings (SSSR count). The molecule has 2 aromatic rings. The number of benzene rings is 2. The van der Waals surface area contributed by atoms with Crippen LogP contribution in [-0.2, 0) is 6.42 Å². The molecule has 0 radical (unpaired) electrons. The molecule has 0 heterocycles. The Morgan fingerprint density at radius 3 is 2.00 bits per heavy atom. The van der Waals surface area contributed by atoms with Crippen molar-refractivity contribution in [2.45, 2.75) is 40.0 Å². The van der Waals surface area contributed by atoms with Gasteiger partial charge >= 0.3 is 0 Å². The molecule has 0 amide bonds. The molecule has 0 bridgehead atoms. The van der Waals surface area contributed by atoms with E-state index in [2.05, 4.69) is 44.2 Å². The van der Waals surface area contributed by atoms with Gasteiger partial charge in [0.15, 0.2) is 0 Å². The number of aryl methyl sites for hydroxylation is 1. The van der Waals surface area contributed by atoms with E-state index >= 15 is 0 Å². The lowest BCUT2D eigenvalue weighted by atomic mass is 9.89. The molecular formula is C18H23Cl. The zero-order valence-corrected chi connectivity index (χ0v) is 13.0. The van der Waals surface area contributed by atoms with Crippen molar-refractivity contribution in [3.63, 3.8) is 0 Å². The summed E-state index contributed by atoms with van der Waals surface area (Å²) in [6.45, 7) is 8.41. The van der Waals surface area contributed by atoms with Gasteiger partial charge in [0.1, 0.15) is 0 Å². The second-order valence-corrected chi connectivity index (χ2v) is 4.70. The van der Waals surface area contributed by atoms with E-state index in [1.165, 1.54) is 16.7 Å². The summed E-state index contributed by atoms with van der Waals surface area (Å²) in [7, 11) is 0. The Balaban J connectivity index is 0.000000861. The molecule has 0 N–H and O–H groups in total. The highest BCUT2D eigenvalue weighted by Gasteiger charge is 2.13. The van der Waals surface area contributed by atoms with Crippen LogP contribution in [0.1, 0.15) is 50.3 Å². The van der Waals surface area contributed by atoms with Crippen molar-refractivity contribution < 1.29 is 0 Å². The molecule has 0 aliphatic rings. The number of hydrogen-bond acceptors (Lipinski definition) is 0. The Morgan fingerprint density at radius 1 is 0.895 bits per heavy atom. The van der Waals surface area contributed by atoms with E-state index in [0.29, 0.717) is 5.92 Å². The third-order valence-corrected chi connectivity index (χ3v) is 3.62. The van der Waals surface area contributed by atoms with Crippen molar-refractivity contribution in [2.24, 2.45) is 0 Å². The van der Waals surface area contributed by atoms with Crippen LogP contribution in [0, 0.1) is 0 Å². The maximum atomic E-state index is 6.26. The van der Waals surface area contributed by atoms with Crippen LogP contribution in [0.25, 0.3) is 0 Å². The molecule has 1 heteroatoms. The van der Waals surface area contributed by atoms with E-state index in [1.54, 1.807) is 0 Å². The van der Waals surface area contributed by atoms with Crippen LogP contribution >= 0.6 is 11.6 Å². The molecular weight excluding hydrogens is 252 g/mol. The molecule has 0 spiro atoms. The summed E-state index contributed by atoms with van der Waals surface area (Å²) >= 11 is 6.26. The summed E-state index contributed by atoms with van der Waals surface area (Å²) in [6, 6.07) is 16.7. The first kappa shape index (κ1) is 15.8. The van der Waals surface area contributed by atoms with Crippen LogP contribution in [-0.4, -0.2) is 0 Å². The molecule has 0 aliphatic heterocycles. The minimum Gasteiger partial charge on any atom is -0.0840 e. The number of halogens is 1. The fourth-order valence-electron chi connectivity index (χ4n) is 2.27. The third-order valence-electron chi connectivity index (χ3n) is 3.27. The van der Waals surface area contributed by atoms with Gasteiger partial charge in [-0.3, -0.25) is 0 Å². The molecule has 0 fully saturated rings. The Bertz CT molecular complexity index is 503. The quantitative estimate of drug-likeness (QED) is 0.636. The van der Waals surface area contributed by atoms with Crippen LogP contribution < -0.4 is 0 Å². The number of hydrogen-bond donors (Lipinski definition) is 0. The minimum atomic E-state index is 0.347. The van der Waals surface area contributed by atoms with Gasteiger partial charge in [-0.1, -0.05) is 81.8 Å². The first-order valence-electron chi connectivity index (χ1n) is 7.06. The van der Waals surface area contributed by atoms with Crippen LogP contribution in [0.2, 0.25) is 5.02 Å². The highest BCUT2D eigenvalue weighted by molar-refractivity contribution is 6.31. The van der Waals surface area contributed by atoms with Gasteiger partial charge in [-0.15, -0.1) is 0 Å². The van der Waals surface area contributed by atoms with Crippen LogP contribution in [0.4, 0.5) is 0 Å². The lowest BCUT2D eigenvalue weighted by molar-refractivity contribution is 0.893. The lowest BCUT2D eigenvalue weighted by Crippen LogP contribution is -2.01. The van der Waals surface area contributed by atoms with Crippen LogP contribution in [0.15, 0.2) is 48.5 Å². The zero-order valence-electron chi connectivity index (χ0n) is 12.3. The fourth-order valence-corrected chi connectivity index (χ4v) is 2.57. The van der Waals surface area contributed by atoms with E-state index in [1.807, 2.05) is 32.0 Å². The second kappa shape index (κ2) is 8.01. The summed E-state index contributed by atoms with van der Waals surface area (Å²) in [6.07, 6.45) is 1.06. The highest BCUT2D eigenvalue weighted by Crippen LogP contribution is 2.31. The van der Waals surface area contributed by atoms with Crippen LogP contribution in [0.3, 0.4) is 0 Å².